The number of benzene rings is 4. The number of hydrogen-bond acceptors (Lipinski definition) is 12. The Morgan fingerprint density at radius 3 is 1.38 bits per heavy atom. The van der Waals surface area contributed by atoms with Crippen LogP contribution in [0.4, 0.5) is 38.3 Å². The maximum absolute atomic E-state index is 12.4. The molecule has 2 amide bonds. The third-order valence-electron chi connectivity index (χ3n) is 11.3. The molecule has 8 rings (SSSR count). The minimum atomic E-state index is -0.571. The number of nitrogen functional groups attached to an aromatic ring is 1. The summed E-state index contributed by atoms with van der Waals surface area (Å²) in [4.78, 5) is 54.0. The molecule has 16 nitrogen and oxygen atoms in total. The van der Waals surface area contributed by atoms with Crippen molar-refractivity contribution in [1.29, 1.82) is 0 Å². The predicted molar refractivity (Wildman–Crippen MR) is 271 cm³/mol. The van der Waals surface area contributed by atoms with Gasteiger partial charge in [0, 0.05) is 33.4 Å². The van der Waals surface area contributed by atoms with Gasteiger partial charge in [0.15, 0.2) is 0 Å². The molecule has 2 heterocycles. The molecule has 2 fully saturated rings. The molecular formula is C52H57BrN8O8. The first kappa shape index (κ1) is 51.0. The van der Waals surface area contributed by atoms with Crippen molar-refractivity contribution in [1.82, 2.24) is 20.6 Å². The minimum Gasteiger partial charge on any atom is -0.444 e. The average Bonchev–Trinajstić information content (AvgIpc) is 3.26. The molecule has 360 valence electrons. The van der Waals surface area contributed by atoms with E-state index in [0.717, 1.165) is 65.3 Å². The van der Waals surface area contributed by atoms with Crippen LogP contribution >= 0.6 is 15.9 Å². The first-order valence-corrected chi connectivity index (χ1v) is 23.3. The highest BCUT2D eigenvalue weighted by atomic mass is 79.9. The fourth-order valence-corrected chi connectivity index (χ4v) is 7.93. The highest BCUT2D eigenvalue weighted by Crippen LogP contribution is 2.43. The van der Waals surface area contributed by atoms with Crippen molar-refractivity contribution in [2.45, 2.75) is 102 Å². The lowest BCUT2D eigenvalue weighted by molar-refractivity contribution is -0.384. The van der Waals surface area contributed by atoms with Crippen LogP contribution in [0.3, 0.4) is 0 Å². The second-order valence-corrected chi connectivity index (χ2v) is 19.7. The summed E-state index contributed by atoms with van der Waals surface area (Å²) in [6.45, 7) is 11.1. The number of alkyl carbamates (subject to hydrolysis) is 2. The molecule has 0 atom stereocenters. The second-order valence-electron chi connectivity index (χ2n) is 18.7. The molecule has 2 aliphatic carbocycles. The van der Waals surface area contributed by atoms with Crippen LogP contribution in [0.15, 0.2) is 138 Å². The Labute approximate surface area is 409 Å². The third-order valence-corrected chi connectivity index (χ3v) is 11.8. The van der Waals surface area contributed by atoms with Crippen molar-refractivity contribution in [2.75, 3.05) is 11.1 Å². The molecule has 0 bridgehead atoms. The van der Waals surface area contributed by atoms with Gasteiger partial charge in [-0.3, -0.25) is 20.2 Å². The zero-order valence-electron chi connectivity index (χ0n) is 39.5. The summed E-state index contributed by atoms with van der Waals surface area (Å²) >= 11 is 3.43. The van der Waals surface area contributed by atoms with Gasteiger partial charge in [-0.15, -0.1) is 0 Å². The quantitative estimate of drug-likeness (QED) is 0.0742. The molecule has 4 aromatic carbocycles. The number of pyridine rings is 2. The number of ether oxygens (including phenoxy) is 2. The highest BCUT2D eigenvalue weighted by Gasteiger charge is 2.42. The molecule has 0 spiro atoms. The Bertz CT molecular complexity index is 2740. The summed E-state index contributed by atoms with van der Waals surface area (Å²) in [5, 5.41) is 31.3. The third kappa shape index (κ3) is 13.8. The van der Waals surface area contributed by atoms with E-state index in [-0.39, 0.29) is 34.6 Å². The lowest BCUT2D eigenvalue weighted by atomic mass is 9.72. The van der Waals surface area contributed by atoms with E-state index in [1.807, 2.05) is 139 Å². The van der Waals surface area contributed by atoms with Crippen molar-refractivity contribution < 1.29 is 28.9 Å². The number of nitro groups is 2. The van der Waals surface area contributed by atoms with Crippen molar-refractivity contribution in [3.63, 3.8) is 0 Å². The number of nitrogens with two attached hydrogens (primary N) is 1. The minimum absolute atomic E-state index is 0.0636. The molecule has 17 heteroatoms. The van der Waals surface area contributed by atoms with Gasteiger partial charge in [0.25, 0.3) is 0 Å². The Morgan fingerprint density at radius 2 is 1.00 bits per heavy atom. The zero-order valence-corrected chi connectivity index (χ0v) is 41.0. The first-order chi connectivity index (χ1) is 32.6. The summed E-state index contributed by atoms with van der Waals surface area (Å²) in [6.07, 6.45) is 4.95. The maximum Gasteiger partial charge on any atom is 0.408 e. The van der Waals surface area contributed by atoms with E-state index in [4.69, 9.17) is 15.2 Å². The first-order valence-electron chi connectivity index (χ1n) is 22.5. The Morgan fingerprint density at radius 1 is 0.594 bits per heavy atom. The lowest BCUT2D eigenvalue weighted by Gasteiger charge is -2.43. The number of carbonyl (C=O) groups excluding carboxylic acids is 2. The van der Waals surface area contributed by atoms with Crippen LogP contribution in [0.1, 0.15) is 91.2 Å². The molecular weight excluding hydrogens is 945 g/mol. The standard InChI is InChI=1S/C26H28N4O4.C15H20BrNO2.C11H9N3O2/c1-25(2,3)34-24(31)29-26(16-7-17-26)19-10-12-20(13-11-19)27-23-22(30(32)33)15-14-21(28-23)18-8-5-4-6-9-18;1-14(2,3)19-13(18)17-15(9-4-10-15)11-5-7-12(16)8-6-11;12-11-10(14(15)16)7-6-9(13-11)8-4-2-1-3-5-8/h4-6,8-15H,7,16-17H2,1-3H3,(H,27,28)(H,29,31);5-8H,4,9-10H2,1-3H3,(H,17,18);1-7H,(H2,12,13). The number of amides is 2. The Hall–Kier alpha value is -7.40. The van der Waals surface area contributed by atoms with Crippen molar-refractivity contribution in [2.24, 2.45) is 0 Å². The number of aromatic nitrogens is 2. The number of rotatable bonds is 10. The molecule has 0 aliphatic heterocycles. The summed E-state index contributed by atoms with van der Waals surface area (Å²) in [6, 6.07) is 40.6. The monoisotopic (exact) mass is 1000 g/mol. The van der Waals surface area contributed by atoms with Gasteiger partial charge < -0.3 is 31.2 Å². The predicted octanol–water partition coefficient (Wildman–Crippen LogP) is 12.9. The van der Waals surface area contributed by atoms with E-state index in [9.17, 15) is 29.8 Å². The lowest BCUT2D eigenvalue weighted by Crippen LogP contribution is -2.52. The van der Waals surface area contributed by atoms with E-state index < -0.39 is 32.7 Å². The van der Waals surface area contributed by atoms with E-state index >= 15 is 0 Å². The molecule has 0 saturated heterocycles. The van der Waals surface area contributed by atoms with Crippen LogP contribution in [0.5, 0.6) is 0 Å². The average molecular weight is 1000 g/mol. The number of nitrogens with one attached hydrogen (secondary N) is 3. The molecule has 0 radical (unpaired) electrons. The molecule has 2 aliphatic rings. The highest BCUT2D eigenvalue weighted by molar-refractivity contribution is 9.10. The van der Waals surface area contributed by atoms with Gasteiger partial charge in [-0.2, -0.15) is 0 Å². The van der Waals surface area contributed by atoms with Gasteiger partial charge in [-0.05, 0) is 128 Å². The van der Waals surface area contributed by atoms with Crippen molar-refractivity contribution in [3.05, 3.63) is 169 Å². The summed E-state index contributed by atoms with van der Waals surface area (Å²) < 4.78 is 11.8. The van der Waals surface area contributed by atoms with Crippen LogP contribution in [0, 0.1) is 20.2 Å². The van der Waals surface area contributed by atoms with E-state index in [0.29, 0.717) is 17.1 Å². The van der Waals surface area contributed by atoms with Crippen LogP contribution in [-0.2, 0) is 20.6 Å². The molecule has 0 unspecified atom stereocenters. The van der Waals surface area contributed by atoms with Gasteiger partial charge in [0.2, 0.25) is 11.6 Å². The molecule has 2 aromatic heterocycles. The molecule has 2 saturated carbocycles. The zero-order chi connectivity index (χ0) is 50.0. The fraction of sp³-hybridized carbons (Fsp3) is 0.308. The summed E-state index contributed by atoms with van der Waals surface area (Å²) in [5.41, 5.74) is 9.29. The van der Waals surface area contributed by atoms with Gasteiger partial charge in [0.1, 0.15) is 11.2 Å². The van der Waals surface area contributed by atoms with E-state index in [2.05, 4.69) is 54.0 Å². The van der Waals surface area contributed by atoms with E-state index in [1.54, 1.807) is 12.1 Å². The van der Waals surface area contributed by atoms with Gasteiger partial charge >= 0.3 is 23.6 Å². The van der Waals surface area contributed by atoms with Crippen LogP contribution in [0.2, 0.25) is 0 Å². The largest absolute Gasteiger partial charge is 0.444 e. The van der Waals surface area contributed by atoms with E-state index in [1.165, 1.54) is 12.1 Å². The Kier molecular flexibility index (Phi) is 16.0. The molecule has 6 aromatic rings. The second kappa shape index (κ2) is 21.7. The Balaban J connectivity index is 0.000000188. The molecule has 69 heavy (non-hydrogen) atoms. The van der Waals surface area contributed by atoms with Crippen molar-refractivity contribution >= 4 is 56.8 Å². The normalized spacial score (nSPS) is 14.3. The van der Waals surface area contributed by atoms with Gasteiger partial charge in [0.05, 0.1) is 32.3 Å². The number of hydrogen-bond donors (Lipinski definition) is 4. The van der Waals surface area contributed by atoms with Crippen LogP contribution < -0.4 is 21.7 Å². The fourth-order valence-electron chi connectivity index (χ4n) is 7.66. The van der Waals surface area contributed by atoms with Gasteiger partial charge in [-0.1, -0.05) is 101 Å². The smallest absolute Gasteiger partial charge is 0.408 e. The van der Waals surface area contributed by atoms with Crippen LogP contribution in [0.25, 0.3) is 22.5 Å². The maximum atomic E-state index is 12.4. The van der Waals surface area contributed by atoms with Crippen LogP contribution in [-0.4, -0.2) is 43.2 Å². The van der Waals surface area contributed by atoms with Gasteiger partial charge in [-0.25, -0.2) is 19.6 Å². The number of carbonyl (C=O) groups is 2. The summed E-state index contributed by atoms with van der Waals surface area (Å²) in [5.74, 6) is 0.107. The summed E-state index contributed by atoms with van der Waals surface area (Å²) in [7, 11) is 0. The number of anilines is 3. The SMILES string of the molecule is CC(C)(C)OC(=O)NC1(c2ccc(Br)cc2)CCC1.CC(C)(C)OC(=O)NC1(c2ccc(Nc3nc(-c4ccccc4)ccc3[N+](=O)[O-])cc2)CCC1.Nc1nc(-c2ccccc2)ccc1[N+](=O)[O-]. The van der Waals surface area contributed by atoms with Crippen molar-refractivity contribution in [3.8, 4) is 22.5 Å². The molecule has 5 N–H and O–H groups in total. The topological polar surface area (TPSA) is 227 Å². The number of halogens is 1. The number of nitrogens with zero attached hydrogens (tertiary/aromatic N) is 4.